The Hall–Kier alpha value is -2.41. The quantitative estimate of drug-likeness (QED) is 0.750. The van der Waals surface area contributed by atoms with Crippen LogP contribution < -0.4 is 4.90 Å². The second-order valence-electron chi connectivity index (χ2n) is 9.41. The Morgan fingerprint density at radius 3 is 2.52 bits per heavy atom. The van der Waals surface area contributed by atoms with Crippen molar-refractivity contribution in [3.05, 3.63) is 29.3 Å². The van der Waals surface area contributed by atoms with E-state index in [1.807, 2.05) is 17.0 Å². The Kier molecular flexibility index (Phi) is 5.46. The van der Waals surface area contributed by atoms with Crippen LogP contribution in [0, 0.1) is 5.92 Å². The predicted molar refractivity (Wildman–Crippen MR) is 116 cm³/mol. The van der Waals surface area contributed by atoms with Gasteiger partial charge in [-0.3, -0.25) is 19.3 Å². The minimum atomic E-state index is -0.171. The minimum Gasteiger partial charge on any atom is -0.394 e. The van der Waals surface area contributed by atoms with E-state index in [0.717, 1.165) is 63.6 Å². The Bertz CT molecular complexity index is 895. The number of aliphatic hydroxyl groups is 1. The molecule has 7 heteroatoms. The molecule has 5 rings (SSSR count). The molecule has 166 valence electrons. The van der Waals surface area contributed by atoms with Crippen molar-refractivity contribution in [2.75, 3.05) is 31.1 Å². The van der Waals surface area contributed by atoms with Crippen LogP contribution in [-0.4, -0.2) is 71.0 Å². The fraction of sp³-hybridized carbons (Fsp3) is 0.625. The average Bonchev–Trinajstić information content (AvgIpc) is 3.54. The Balaban J connectivity index is 1.39. The van der Waals surface area contributed by atoms with E-state index in [9.17, 15) is 19.5 Å². The van der Waals surface area contributed by atoms with Crippen molar-refractivity contribution >= 4 is 23.4 Å². The number of benzene rings is 1. The monoisotopic (exact) mass is 425 g/mol. The Morgan fingerprint density at radius 1 is 0.968 bits per heavy atom. The first-order valence-electron chi connectivity index (χ1n) is 11.8. The van der Waals surface area contributed by atoms with Gasteiger partial charge in [-0.1, -0.05) is 18.9 Å². The average molecular weight is 426 g/mol. The maximum Gasteiger partial charge on any atom is 0.263 e. The van der Waals surface area contributed by atoms with Gasteiger partial charge in [-0.2, -0.15) is 0 Å². The lowest BCUT2D eigenvalue weighted by atomic mass is 9.94. The molecule has 2 atom stereocenters. The molecule has 4 aliphatic rings. The van der Waals surface area contributed by atoms with Crippen LogP contribution in [0.3, 0.4) is 0 Å². The number of hydrogen-bond acceptors (Lipinski definition) is 5. The zero-order valence-corrected chi connectivity index (χ0v) is 18.0. The van der Waals surface area contributed by atoms with Gasteiger partial charge in [0.2, 0.25) is 5.91 Å². The number of nitrogens with zero attached hydrogens (tertiary/aromatic N) is 3. The van der Waals surface area contributed by atoms with Crippen LogP contribution in [0.2, 0.25) is 0 Å². The maximum atomic E-state index is 13.3. The molecule has 3 amide bonds. The number of rotatable bonds is 4. The summed E-state index contributed by atoms with van der Waals surface area (Å²) in [5, 5.41) is 9.61. The first-order valence-corrected chi connectivity index (χ1v) is 11.8. The molecule has 1 unspecified atom stereocenters. The standard InChI is InChI=1S/C24H31N3O4/c28-15-18-9-5-13-26(18)22(29)16-6-4-12-25(14-16)20-11-3-10-19-21(20)24(31)27(23(19)30)17-7-1-2-8-17/h3,10-11,16-18,28H,1-2,4-9,12-15H2/t16?,18-/m0/s1. The number of amides is 3. The summed E-state index contributed by atoms with van der Waals surface area (Å²) in [6.07, 6.45) is 7.39. The molecule has 1 aromatic carbocycles. The van der Waals surface area contributed by atoms with Crippen LogP contribution in [0.5, 0.6) is 0 Å². The van der Waals surface area contributed by atoms with Crippen LogP contribution in [-0.2, 0) is 4.79 Å². The molecule has 1 N–H and O–H groups in total. The lowest BCUT2D eigenvalue weighted by Gasteiger charge is -2.37. The van der Waals surface area contributed by atoms with Crippen molar-refractivity contribution < 1.29 is 19.5 Å². The molecule has 3 aliphatic heterocycles. The van der Waals surface area contributed by atoms with Crippen molar-refractivity contribution in [3.8, 4) is 0 Å². The molecular formula is C24H31N3O4. The first-order chi connectivity index (χ1) is 15.1. The second kappa shape index (κ2) is 8.26. The zero-order valence-electron chi connectivity index (χ0n) is 18.0. The number of imide groups is 1. The molecule has 1 aromatic rings. The van der Waals surface area contributed by atoms with Gasteiger partial charge in [-0.05, 0) is 50.7 Å². The molecule has 0 aromatic heterocycles. The maximum absolute atomic E-state index is 13.3. The number of likely N-dealkylation sites (tertiary alicyclic amines) is 1. The van der Waals surface area contributed by atoms with Crippen molar-refractivity contribution in [2.24, 2.45) is 5.92 Å². The van der Waals surface area contributed by atoms with Gasteiger partial charge >= 0.3 is 0 Å². The third kappa shape index (κ3) is 3.43. The third-order valence-corrected chi connectivity index (χ3v) is 7.60. The summed E-state index contributed by atoms with van der Waals surface area (Å²) in [5.41, 5.74) is 1.80. The summed E-state index contributed by atoms with van der Waals surface area (Å²) in [6, 6.07) is 5.48. The summed E-state index contributed by atoms with van der Waals surface area (Å²) in [4.78, 5) is 45.0. The van der Waals surface area contributed by atoms with Crippen molar-refractivity contribution in [3.63, 3.8) is 0 Å². The van der Waals surface area contributed by atoms with Gasteiger partial charge in [-0.25, -0.2) is 0 Å². The van der Waals surface area contributed by atoms with Gasteiger partial charge < -0.3 is 14.9 Å². The summed E-state index contributed by atoms with van der Waals surface area (Å²) < 4.78 is 0. The first kappa shape index (κ1) is 20.5. The van der Waals surface area contributed by atoms with Crippen molar-refractivity contribution in [1.29, 1.82) is 0 Å². The van der Waals surface area contributed by atoms with Crippen LogP contribution in [0.25, 0.3) is 0 Å². The highest BCUT2D eigenvalue weighted by molar-refractivity contribution is 6.24. The number of carbonyl (C=O) groups excluding carboxylic acids is 3. The van der Waals surface area contributed by atoms with Crippen molar-refractivity contribution in [1.82, 2.24) is 9.80 Å². The normalized spacial score (nSPS) is 26.8. The molecule has 0 radical (unpaired) electrons. The molecule has 7 nitrogen and oxygen atoms in total. The molecule has 31 heavy (non-hydrogen) atoms. The molecule has 3 fully saturated rings. The number of fused-ring (bicyclic) bond motifs is 1. The van der Waals surface area contributed by atoms with Crippen LogP contribution >= 0.6 is 0 Å². The van der Waals surface area contributed by atoms with E-state index in [4.69, 9.17) is 0 Å². The molecule has 3 heterocycles. The van der Waals surface area contributed by atoms with Gasteiger partial charge in [0.15, 0.2) is 0 Å². The van der Waals surface area contributed by atoms with E-state index in [0.29, 0.717) is 24.2 Å². The summed E-state index contributed by atoms with van der Waals surface area (Å²) >= 11 is 0. The smallest absolute Gasteiger partial charge is 0.263 e. The van der Waals surface area contributed by atoms with E-state index in [-0.39, 0.29) is 42.3 Å². The van der Waals surface area contributed by atoms with Gasteiger partial charge in [0.05, 0.1) is 35.4 Å². The highest BCUT2D eigenvalue weighted by Gasteiger charge is 2.43. The van der Waals surface area contributed by atoms with E-state index in [1.165, 1.54) is 4.90 Å². The highest BCUT2D eigenvalue weighted by Crippen LogP contribution is 2.37. The molecule has 2 saturated heterocycles. The van der Waals surface area contributed by atoms with E-state index >= 15 is 0 Å². The molecular weight excluding hydrogens is 394 g/mol. The van der Waals surface area contributed by atoms with E-state index < -0.39 is 0 Å². The number of aliphatic hydroxyl groups excluding tert-OH is 1. The SMILES string of the molecule is O=C1c2cccc(N3CCCC(C(=O)N4CCC[C@H]4CO)C3)c2C(=O)N1C1CCCC1. The fourth-order valence-electron chi connectivity index (χ4n) is 5.99. The van der Waals surface area contributed by atoms with Gasteiger partial charge in [0.25, 0.3) is 11.8 Å². The van der Waals surface area contributed by atoms with Crippen LogP contribution in [0.4, 0.5) is 5.69 Å². The van der Waals surface area contributed by atoms with Crippen LogP contribution in [0.1, 0.15) is 72.1 Å². The lowest BCUT2D eigenvalue weighted by molar-refractivity contribution is -0.137. The summed E-state index contributed by atoms with van der Waals surface area (Å²) in [7, 11) is 0. The highest BCUT2D eigenvalue weighted by atomic mass is 16.3. The molecule has 1 aliphatic carbocycles. The zero-order chi connectivity index (χ0) is 21.5. The second-order valence-corrected chi connectivity index (χ2v) is 9.41. The number of carbonyl (C=O) groups is 3. The number of hydrogen-bond donors (Lipinski definition) is 1. The van der Waals surface area contributed by atoms with E-state index in [2.05, 4.69) is 4.90 Å². The Labute approximate surface area is 183 Å². The number of anilines is 1. The van der Waals surface area contributed by atoms with Gasteiger partial charge in [-0.15, -0.1) is 0 Å². The predicted octanol–water partition coefficient (Wildman–Crippen LogP) is 2.42. The topological polar surface area (TPSA) is 81.2 Å². The van der Waals surface area contributed by atoms with Crippen LogP contribution in [0.15, 0.2) is 18.2 Å². The molecule has 1 saturated carbocycles. The molecule has 0 spiro atoms. The third-order valence-electron chi connectivity index (χ3n) is 7.60. The summed E-state index contributed by atoms with van der Waals surface area (Å²) in [5.74, 6) is -0.365. The lowest BCUT2D eigenvalue weighted by Crippen LogP contribution is -2.47. The fourth-order valence-corrected chi connectivity index (χ4v) is 5.99. The van der Waals surface area contributed by atoms with Gasteiger partial charge in [0.1, 0.15) is 0 Å². The van der Waals surface area contributed by atoms with E-state index in [1.54, 1.807) is 6.07 Å². The van der Waals surface area contributed by atoms with Gasteiger partial charge in [0, 0.05) is 25.7 Å². The molecule has 0 bridgehead atoms. The summed E-state index contributed by atoms with van der Waals surface area (Å²) in [6.45, 7) is 2.05. The minimum absolute atomic E-state index is 0.0153. The number of piperidine rings is 1. The van der Waals surface area contributed by atoms with Crippen molar-refractivity contribution in [2.45, 2.75) is 63.5 Å². The Morgan fingerprint density at radius 2 is 1.74 bits per heavy atom. The largest absolute Gasteiger partial charge is 0.394 e.